The third-order valence-corrected chi connectivity index (χ3v) is 2.17. The Morgan fingerprint density at radius 2 is 1.50 bits per heavy atom. The predicted molar refractivity (Wildman–Crippen MR) is 62.4 cm³/mol. The largest absolute Gasteiger partial charge is 0.500 e. The van der Waals surface area contributed by atoms with Gasteiger partial charge in [-0.3, -0.25) is 4.90 Å². The van der Waals surface area contributed by atoms with Gasteiger partial charge in [0.25, 0.3) is 0 Å². The van der Waals surface area contributed by atoms with Crippen LogP contribution in [0, 0.1) is 0 Å². The van der Waals surface area contributed by atoms with Crippen molar-refractivity contribution in [1.29, 1.82) is 0 Å². The summed E-state index contributed by atoms with van der Waals surface area (Å²) >= 11 is 0. The van der Waals surface area contributed by atoms with E-state index in [9.17, 15) is 0 Å². The zero-order valence-electron chi connectivity index (χ0n) is 10.6. The summed E-state index contributed by atoms with van der Waals surface area (Å²) in [6.07, 6.45) is 1.50. The average Bonchev–Trinajstić information content (AvgIpc) is 1.92. The smallest absolute Gasteiger partial charge is 0.1000 e. The monoisotopic (exact) mass is 199 g/mol. The second kappa shape index (κ2) is 4.83. The van der Waals surface area contributed by atoms with Gasteiger partial charge in [-0.05, 0) is 41.5 Å². The van der Waals surface area contributed by atoms with Gasteiger partial charge in [0.05, 0.1) is 12.9 Å². The molecule has 0 atom stereocenters. The summed E-state index contributed by atoms with van der Waals surface area (Å²) in [6.45, 7) is 18.5. The molecule has 2 nitrogen and oxygen atoms in total. The minimum absolute atomic E-state index is 0.169. The third-order valence-electron chi connectivity index (χ3n) is 2.17. The molecule has 0 N–H and O–H groups in total. The Labute approximate surface area is 88.9 Å². The van der Waals surface area contributed by atoms with E-state index in [4.69, 9.17) is 4.74 Å². The highest BCUT2D eigenvalue weighted by atomic mass is 16.5. The molecule has 0 aliphatic heterocycles. The van der Waals surface area contributed by atoms with Gasteiger partial charge in [0, 0.05) is 17.6 Å². The molecule has 14 heavy (non-hydrogen) atoms. The molecule has 0 spiro atoms. The van der Waals surface area contributed by atoms with Crippen LogP contribution < -0.4 is 0 Å². The van der Waals surface area contributed by atoms with Crippen molar-refractivity contribution in [2.45, 2.75) is 52.6 Å². The van der Waals surface area contributed by atoms with E-state index in [-0.39, 0.29) is 11.1 Å². The fraction of sp³-hybridized carbons (Fsp3) is 0.833. The standard InChI is InChI=1S/C12H25NO/c1-8-14-10-9-13(11(2,3)4)12(5,6)7/h8H,1,9-10H2,2-7H3. The van der Waals surface area contributed by atoms with Crippen LogP contribution in [0.1, 0.15) is 41.5 Å². The maximum absolute atomic E-state index is 5.18. The molecule has 0 saturated heterocycles. The Hall–Kier alpha value is -0.500. The van der Waals surface area contributed by atoms with Crippen LogP contribution in [0.15, 0.2) is 12.8 Å². The second-order valence-electron chi connectivity index (χ2n) is 5.53. The zero-order chi connectivity index (χ0) is 11.4. The molecule has 0 aromatic heterocycles. The lowest BCUT2D eigenvalue weighted by molar-refractivity contribution is 0.0202. The molecule has 0 rings (SSSR count). The van der Waals surface area contributed by atoms with E-state index in [1.165, 1.54) is 6.26 Å². The minimum atomic E-state index is 0.169. The van der Waals surface area contributed by atoms with Crippen molar-refractivity contribution in [3.05, 3.63) is 12.8 Å². The lowest BCUT2D eigenvalue weighted by atomic mass is 9.96. The minimum Gasteiger partial charge on any atom is -0.500 e. The number of hydrogen-bond acceptors (Lipinski definition) is 2. The summed E-state index contributed by atoms with van der Waals surface area (Å²) in [5, 5.41) is 0. The van der Waals surface area contributed by atoms with Crippen molar-refractivity contribution in [3.8, 4) is 0 Å². The van der Waals surface area contributed by atoms with E-state index in [0.29, 0.717) is 6.61 Å². The van der Waals surface area contributed by atoms with Gasteiger partial charge in [0.15, 0.2) is 0 Å². The average molecular weight is 199 g/mol. The number of hydrogen-bond donors (Lipinski definition) is 0. The summed E-state index contributed by atoms with van der Waals surface area (Å²) in [5.41, 5.74) is 0.339. The number of nitrogens with zero attached hydrogens (tertiary/aromatic N) is 1. The zero-order valence-corrected chi connectivity index (χ0v) is 10.6. The third kappa shape index (κ3) is 4.66. The van der Waals surface area contributed by atoms with Crippen LogP contribution in [0.4, 0.5) is 0 Å². The van der Waals surface area contributed by atoms with Gasteiger partial charge in [-0.2, -0.15) is 0 Å². The molecule has 0 radical (unpaired) electrons. The molecular formula is C12H25NO. The summed E-state index contributed by atoms with van der Waals surface area (Å²) < 4.78 is 5.18. The molecule has 0 aliphatic carbocycles. The van der Waals surface area contributed by atoms with Gasteiger partial charge in [0.2, 0.25) is 0 Å². The normalized spacial score (nSPS) is 13.1. The summed E-state index contributed by atoms with van der Waals surface area (Å²) in [6, 6.07) is 0. The first kappa shape index (κ1) is 13.5. The van der Waals surface area contributed by atoms with Crippen LogP contribution >= 0.6 is 0 Å². The maximum Gasteiger partial charge on any atom is 0.1000 e. The van der Waals surface area contributed by atoms with E-state index in [1.54, 1.807) is 0 Å². The Morgan fingerprint density at radius 3 is 1.79 bits per heavy atom. The molecule has 0 saturated carbocycles. The molecule has 0 aliphatic rings. The highest BCUT2D eigenvalue weighted by Gasteiger charge is 2.30. The first-order valence-electron chi connectivity index (χ1n) is 5.20. The van der Waals surface area contributed by atoms with Gasteiger partial charge in [-0.25, -0.2) is 0 Å². The summed E-state index contributed by atoms with van der Waals surface area (Å²) in [7, 11) is 0. The highest BCUT2D eigenvalue weighted by Crippen LogP contribution is 2.23. The van der Waals surface area contributed by atoms with Crippen LogP contribution in [-0.4, -0.2) is 29.1 Å². The molecular weight excluding hydrogens is 174 g/mol. The molecule has 2 heteroatoms. The van der Waals surface area contributed by atoms with Crippen molar-refractivity contribution in [3.63, 3.8) is 0 Å². The van der Waals surface area contributed by atoms with Crippen LogP contribution in [0.2, 0.25) is 0 Å². The topological polar surface area (TPSA) is 12.5 Å². The van der Waals surface area contributed by atoms with Crippen LogP contribution in [-0.2, 0) is 4.74 Å². The second-order valence-corrected chi connectivity index (χ2v) is 5.53. The van der Waals surface area contributed by atoms with Crippen LogP contribution in [0.5, 0.6) is 0 Å². The molecule has 84 valence electrons. The number of rotatable bonds is 4. The van der Waals surface area contributed by atoms with Gasteiger partial charge < -0.3 is 4.74 Å². The van der Waals surface area contributed by atoms with Gasteiger partial charge in [0.1, 0.15) is 0 Å². The quantitative estimate of drug-likeness (QED) is 0.509. The lowest BCUT2D eigenvalue weighted by Crippen LogP contribution is -2.53. The van der Waals surface area contributed by atoms with E-state index in [0.717, 1.165) is 6.54 Å². The SMILES string of the molecule is C=COCCN(C(C)(C)C)C(C)(C)C. The summed E-state index contributed by atoms with van der Waals surface area (Å²) in [5.74, 6) is 0. The van der Waals surface area contributed by atoms with Crippen molar-refractivity contribution in [2.75, 3.05) is 13.2 Å². The Morgan fingerprint density at radius 1 is 1.07 bits per heavy atom. The first-order valence-corrected chi connectivity index (χ1v) is 5.20. The van der Waals surface area contributed by atoms with Crippen molar-refractivity contribution in [2.24, 2.45) is 0 Å². The van der Waals surface area contributed by atoms with E-state index < -0.39 is 0 Å². The fourth-order valence-corrected chi connectivity index (χ4v) is 1.90. The van der Waals surface area contributed by atoms with Crippen molar-refractivity contribution in [1.82, 2.24) is 4.90 Å². The molecule has 0 amide bonds. The van der Waals surface area contributed by atoms with Gasteiger partial charge in [-0.15, -0.1) is 0 Å². The Kier molecular flexibility index (Phi) is 4.66. The fourth-order valence-electron chi connectivity index (χ4n) is 1.90. The van der Waals surface area contributed by atoms with Crippen molar-refractivity contribution < 1.29 is 4.74 Å². The number of ether oxygens (including phenoxy) is 1. The summed E-state index contributed by atoms with van der Waals surface area (Å²) in [4.78, 5) is 2.43. The predicted octanol–water partition coefficient (Wildman–Crippen LogP) is 3.05. The molecule has 0 unspecified atom stereocenters. The molecule has 0 fully saturated rings. The molecule has 0 aromatic carbocycles. The Bertz CT molecular complexity index is 160. The van der Waals surface area contributed by atoms with Crippen LogP contribution in [0.25, 0.3) is 0 Å². The highest BCUT2D eigenvalue weighted by molar-refractivity contribution is 4.86. The van der Waals surface area contributed by atoms with Gasteiger partial charge in [-0.1, -0.05) is 6.58 Å². The van der Waals surface area contributed by atoms with E-state index in [1.807, 2.05) is 0 Å². The van der Waals surface area contributed by atoms with E-state index >= 15 is 0 Å². The molecule has 0 aromatic rings. The van der Waals surface area contributed by atoms with Crippen LogP contribution in [0.3, 0.4) is 0 Å². The van der Waals surface area contributed by atoms with E-state index in [2.05, 4.69) is 53.0 Å². The molecule has 0 heterocycles. The lowest BCUT2D eigenvalue weighted by Gasteiger charge is -2.45. The molecule has 0 bridgehead atoms. The Balaban J connectivity index is 4.35. The maximum atomic E-state index is 5.18. The first-order chi connectivity index (χ1) is 6.19. The van der Waals surface area contributed by atoms with Crippen molar-refractivity contribution >= 4 is 0 Å². The van der Waals surface area contributed by atoms with Gasteiger partial charge >= 0.3 is 0 Å².